The third-order valence-electron chi connectivity index (χ3n) is 5.16. The van der Waals surface area contributed by atoms with Crippen molar-refractivity contribution < 1.29 is 4.39 Å². The van der Waals surface area contributed by atoms with Crippen molar-refractivity contribution in [2.75, 3.05) is 6.54 Å². The van der Waals surface area contributed by atoms with Gasteiger partial charge in [-0.1, -0.05) is 34.1 Å². The van der Waals surface area contributed by atoms with Gasteiger partial charge < -0.3 is 5.32 Å². The Labute approximate surface area is 128 Å². The molecule has 21 heavy (non-hydrogen) atoms. The Balaban J connectivity index is 2.25. The summed E-state index contributed by atoms with van der Waals surface area (Å²) in [7, 11) is 0. The Hall–Kier alpha value is -0.960. The Morgan fingerprint density at radius 3 is 2.81 bits per heavy atom. The van der Waals surface area contributed by atoms with Crippen LogP contribution in [0.25, 0.3) is 0 Å². The van der Waals surface area contributed by atoms with Gasteiger partial charge in [-0.2, -0.15) is 0 Å². The van der Waals surface area contributed by atoms with E-state index < -0.39 is 0 Å². The molecule has 1 aliphatic rings. The molecule has 0 bridgehead atoms. The summed E-state index contributed by atoms with van der Waals surface area (Å²) in [5.74, 6) is 1.06. The molecular formula is C18H29FN2. The highest BCUT2D eigenvalue weighted by Crippen LogP contribution is 2.42. The second-order valence-electron chi connectivity index (χ2n) is 7.16. The standard InChI is InChI=1S/C18H29FN2/c1-5-9-21-17-11-13(2)6-7-15(17)18(3,4)14-8-10-20-12-16(14)19/h8,10,12-13,15,17,21H,5-7,9,11H2,1-4H3. The minimum atomic E-state index is -0.171. The molecule has 118 valence electrons. The Morgan fingerprint density at radius 2 is 2.14 bits per heavy atom. The number of nitrogens with zero attached hydrogens (tertiary/aromatic N) is 1. The highest BCUT2D eigenvalue weighted by molar-refractivity contribution is 5.25. The summed E-state index contributed by atoms with van der Waals surface area (Å²) < 4.78 is 14.2. The molecule has 1 N–H and O–H groups in total. The smallest absolute Gasteiger partial charge is 0.145 e. The largest absolute Gasteiger partial charge is 0.314 e. The molecule has 0 radical (unpaired) electrons. The minimum absolute atomic E-state index is 0.168. The fourth-order valence-corrected chi connectivity index (χ4v) is 3.90. The first-order valence-electron chi connectivity index (χ1n) is 8.30. The molecule has 1 heterocycles. The van der Waals surface area contributed by atoms with Crippen LogP contribution in [0.5, 0.6) is 0 Å². The van der Waals surface area contributed by atoms with Crippen molar-refractivity contribution in [3.63, 3.8) is 0 Å². The van der Waals surface area contributed by atoms with Crippen LogP contribution in [-0.4, -0.2) is 17.6 Å². The summed E-state index contributed by atoms with van der Waals surface area (Å²) in [6.45, 7) is 9.95. The molecule has 3 atom stereocenters. The molecule has 0 aromatic carbocycles. The van der Waals surface area contributed by atoms with Crippen molar-refractivity contribution in [1.29, 1.82) is 0 Å². The van der Waals surface area contributed by atoms with Crippen LogP contribution >= 0.6 is 0 Å². The van der Waals surface area contributed by atoms with Crippen molar-refractivity contribution in [3.05, 3.63) is 29.8 Å². The number of hydrogen-bond donors (Lipinski definition) is 1. The van der Waals surface area contributed by atoms with E-state index in [1.807, 2.05) is 6.07 Å². The molecular weight excluding hydrogens is 263 g/mol. The molecule has 0 saturated heterocycles. The fourth-order valence-electron chi connectivity index (χ4n) is 3.90. The second-order valence-corrected chi connectivity index (χ2v) is 7.16. The van der Waals surface area contributed by atoms with Gasteiger partial charge in [-0.15, -0.1) is 0 Å². The maximum Gasteiger partial charge on any atom is 0.145 e. The van der Waals surface area contributed by atoms with Gasteiger partial charge in [-0.05, 0) is 54.7 Å². The Bertz CT molecular complexity index is 458. The van der Waals surface area contributed by atoms with Gasteiger partial charge in [-0.25, -0.2) is 4.39 Å². The first-order valence-corrected chi connectivity index (χ1v) is 8.30. The quantitative estimate of drug-likeness (QED) is 0.875. The summed E-state index contributed by atoms with van der Waals surface area (Å²) in [6, 6.07) is 2.33. The van der Waals surface area contributed by atoms with E-state index in [2.05, 4.69) is 38.0 Å². The van der Waals surface area contributed by atoms with Crippen molar-refractivity contribution in [1.82, 2.24) is 10.3 Å². The van der Waals surface area contributed by atoms with Crippen LogP contribution in [-0.2, 0) is 5.41 Å². The van der Waals surface area contributed by atoms with Gasteiger partial charge in [-0.3, -0.25) is 4.98 Å². The zero-order chi connectivity index (χ0) is 15.5. The second kappa shape index (κ2) is 6.87. The van der Waals surface area contributed by atoms with E-state index in [1.54, 1.807) is 6.20 Å². The summed E-state index contributed by atoms with van der Waals surface area (Å²) in [5, 5.41) is 3.71. The van der Waals surface area contributed by atoms with Crippen LogP contribution in [0.1, 0.15) is 58.9 Å². The van der Waals surface area contributed by atoms with Crippen LogP contribution < -0.4 is 5.32 Å². The van der Waals surface area contributed by atoms with Gasteiger partial charge in [0.25, 0.3) is 0 Å². The normalized spacial score (nSPS) is 26.8. The third kappa shape index (κ3) is 3.63. The van der Waals surface area contributed by atoms with E-state index in [9.17, 15) is 4.39 Å². The first kappa shape index (κ1) is 16.4. The number of halogens is 1. The minimum Gasteiger partial charge on any atom is -0.314 e. The lowest BCUT2D eigenvalue weighted by molar-refractivity contribution is 0.143. The molecule has 1 fully saturated rings. The lowest BCUT2D eigenvalue weighted by atomic mass is 9.63. The van der Waals surface area contributed by atoms with Crippen LogP contribution in [0, 0.1) is 17.7 Å². The summed E-state index contributed by atoms with van der Waals surface area (Å²) in [5.41, 5.74) is 0.638. The average molecular weight is 292 g/mol. The van der Waals surface area contributed by atoms with Crippen molar-refractivity contribution in [2.24, 2.45) is 11.8 Å². The maximum absolute atomic E-state index is 14.2. The molecule has 1 aliphatic carbocycles. The van der Waals surface area contributed by atoms with Gasteiger partial charge in [0.1, 0.15) is 5.82 Å². The zero-order valence-corrected chi connectivity index (χ0v) is 13.8. The molecule has 3 unspecified atom stereocenters. The highest BCUT2D eigenvalue weighted by Gasteiger charge is 2.40. The van der Waals surface area contributed by atoms with Gasteiger partial charge in [0.2, 0.25) is 0 Å². The molecule has 1 saturated carbocycles. The van der Waals surface area contributed by atoms with E-state index >= 15 is 0 Å². The maximum atomic E-state index is 14.2. The molecule has 0 aliphatic heterocycles. The lowest BCUT2D eigenvalue weighted by Crippen LogP contribution is -2.49. The molecule has 0 spiro atoms. The summed E-state index contributed by atoms with van der Waals surface area (Å²) >= 11 is 0. The topological polar surface area (TPSA) is 24.9 Å². The molecule has 3 heteroatoms. The van der Waals surface area contributed by atoms with Crippen LogP contribution in [0.2, 0.25) is 0 Å². The van der Waals surface area contributed by atoms with Crippen molar-refractivity contribution in [3.8, 4) is 0 Å². The molecule has 0 amide bonds. The predicted octanol–water partition coefficient (Wildman–Crippen LogP) is 4.30. The van der Waals surface area contributed by atoms with Gasteiger partial charge >= 0.3 is 0 Å². The third-order valence-corrected chi connectivity index (χ3v) is 5.16. The Kier molecular flexibility index (Phi) is 5.37. The van der Waals surface area contributed by atoms with Gasteiger partial charge in [0.05, 0.1) is 6.20 Å². The van der Waals surface area contributed by atoms with Crippen LogP contribution in [0.4, 0.5) is 4.39 Å². The number of nitrogens with one attached hydrogen (secondary N) is 1. The monoisotopic (exact) mass is 292 g/mol. The summed E-state index contributed by atoms with van der Waals surface area (Å²) in [6.07, 6.45) is 7.79. The highest BCUT2D eigenvalue weighted by atomic mass is 19.1. The first-order chi connectivity index (χ1) is 9.96. The van der Waals surface area contributed by atoms with Crippen LogP contribution in [0.3, 0.4) is 0 Å². The van der Waals surface area contributed by atoms with Gasteiger partial charge in [0, 0.05) is 12.2 Å². The fraction of sp³-hybridized carbons (Fsp3) is 0.722. The number of pyridine rings is 1. The van der Waals surface area contributed by atoms with E-state index in [4.69, 9.17) is 0 Å². The van der Waals surface area contributed by atoms with E-state index in [1.165, 1.54) is 19.0 Å². The lowest BCUT2D eigenvalue weighted by Gasteiger charge is -2.45. The van der Waals surface area contributed by atoms with E-state index in [0.29, 0.717) is 12.0 Å². The average Bonchev–Trinajstić information content (AvgIpc) is 2.45. The van der Waals surface area contributed by atoms with E-state index in [0.717, 1.165) is 30.9 Å². The molecule has 2 rings (SSSR count). The zero-order valence-electron chi connectivity index (χ0n) is 13.8. The predicted molar refractivity (Wildman–Crippen MR) is 85.8 cm³/mol. The summed E-state index contributed by atoms with van der Waals surface area (Å²) in [4.78, 5) is 3.89. The number of aromatic nitrogens is 1. The molecule has 1 aromatic rings. The Morgan fingerprint density at radius 1 is 1.38 bits per heavy atom. The van der Waals surface area contributed by atoms with Crippen LogP contribution in [0.15, 0.2) is 18.5 Å². The van der Waals surface area contributed by atoms with Gasteiger partial charge in [0.15, 0.2) is 0 Å². The molecule has 2 nitrogen and oxygen atoms in total. The number of rotatable bonds is 5. The SMILES string of the molecule is CCCNC1CC(C)CCC1C(C)(C)c1ccncc1F. The van der Waals surface area contributed by atoms with E-state index in [-0.39, 0.29) is 11.2 Å². The molecule has 1 aromatic heterocycles. The van der Waals surface area contributed by atoms with Crippen molar-refractivity contribution >= 4 is 0 Å². The number of hydrogen-bond acceptors (Lipinski definition) is 2. The van der Waals surface area contributed by atoms with Crippen molar-refractivity contribution in [2.45, 2.75) is 64.8 Å².